The zero-order chi connectivity index (χ0) is 16.3. The highest BCUT2D eigenvalue weighted by molar-refractivity contribution is 5.76. The normalized spacial score (nSPS) is 22.2. The van der Waals surface area contributed by atoms with Crippen molar-refractivity contribution in [3.63, 3.8) is 0 Å². The Morgan fingerprint density at radius 3 is 2.00 bits per heavy atom. The van der Waals surface area contributed by atoms with Crippen molar-refractivity contribution >= 4 is 5.91 Å². The van der Waals surface area contributed by atoms with E-state index in [0.29, 0.717) is 12.5 Å². The second-order valence-corrected chi connectivity index (χ2v) is 7.36. The first-order chi connectivity index (χ1) is 9.67. The van der Waals surface area contributed by atoms with E-state index in [0.717, 1.165) is 32.5 Å². The van der Waals surface area contributed by atoms with Crippen molar-refractivity contribution in [2.45, 2.75) is 78.0 Å². The van der Waals surface area contributed by atoms with E-state index in [2.05, 4.69) is 32.6 Å². The Morgan fingerprint density at radius 1 is 1.14 bits per heavy atom. The first kappa shape index (κ1) is 18.4. The lowest BCUT2D eigenvalue weighted by molar-refractivity contribution is -0.134. The van der Waals surface area contributed by atoms with Crippen LogP contribution in [-0.4, -0.2) is 59.6 Å². The van der Waals surface area contributed by atoms with E-state index >= 15 is 0 Å². The van der Waals surface area contributed by atoms with Gasteiger partial charge in [-0.25, -0.2) is 0 Å². The molecule has 0 N–H and O–H groups in total. The molecule has 4 nitrogen and oxygen atoms in total. The maximum atomic E-state index is 12.3. The van der Waals surface area contributed by atoms with Crippen molar-refractivity contribution in [2.24, 2.45) is 0 Å². The minimum absolute atomic E-state index is 0.0615. The van der Waals surface area contributed by atoms with Gasteiger partial charge in [-0.15, -0.1) is 0 Å². The number of carbonyl (C=O) groups excluding carboxylic acids is 1. The van der Waals surface area contributed by atoms with Crippen LogP contribution in [0.15, 0.2) is 0 Å². The van der Waals surface area contributed by atoms with Crippen LogP contribution in [0.25, 0.3) is 0 Å². The van der Waals surface area contributed by atoms with Crippen molar-refractivity contribution in [1.82, 2.24) is 9.80 Å². The van der Waals surface area contributed by atoms with Gasteiger partial charge in [0.05, 0.1) is 6.10 Å². The summed E-state index contributed by atoms with van der Waals surface area (Å²) in [6.07, 6.45) is 2.95. The Morgan fingerprint density at radius 2 is 1.62 bits per heavy atom. The molecule has 0 spiro atoms. The number of amides is 1. The second-order valence-electron chi connectivity index (χ2n) is 7.36. The van der Waals surface area contributed by atoms with Gasteiger partial charge in [0.2, 0.25) is 5.91 Å². The van der Waals surface area contributed by atoms with Crippen LogP contribution >= 0.6 is 0 Å². The first-order valence-corrected chi connectivity index (χ1v) is 8.26. The Balaban J connectivity index is 2.74. The molecule has 1 aliphatic heterocycles. The van der Waals surface area contributed by atoms with Gasteiger partial charge in [0.15, 0.2) is 0 Å². The molecule has 1 saturated heterocycles. The first-order valence-electron chi connectivity index (χ1n) is 8.26. The number of hydrogen-bond acceptors (Lipinski definition) is 3. The van der Waals surface area contributed by atoms with E-state index in [1.165, 1.54) is 0 Å². The van der Waals surface area contributed by atoms with Gasteiger partial charge in [-0.1, -0.05) is 0 Å². The fourth-order valence-corrected chi connectivity index (χ4v) is 3.94. The zero-order valence-corrected chi connectivity index (χ0v) is 15.0. The number of methoxy groups -OCH3 is 1. The summed E-state index contributed by atoms with van der Waals surface area (Å²) >= 11 is 0. The summed E-state index contributed by atoms with van der Waals surface area (Å²) in [5, 5.41) is 0. The summed E-state index contributed by atoms with van der Waals surface area (Å²) in [6, 6.07) is 0. The highest BCUT2D eigenvalue weighted by Gasteiger charge is 2.45. The summed E-state index contributed by atoms with van der Waals surface area (Å²) in [4.78, 5) is 16.7. The minimum Gasteiger partial charge on any atom is -0.381 e. The molecule has 0 radical (unpaired) electrons. The van der Waals surface area contributed by atoms with Crippen molar-refractivity contribution in [3.8, 4) is 0 Å². The predicted molar refractivity (Wildman–Crippen MR) is 87.4 cm³/mol. The van der Waals surface area contributed by atoms with Gasteiger partial charge in [-0.2, -0.15) is 0 Å². The summed E-state index contributed by atoms with van der Waals surface area (Å²) in [5.41, 5.74) is 0.123. The standard InChI is InChI=1S/C17H34N2O2/c1-8-18(9-2)15(20)10-11-19-16(3,4)12-14(21-7)13-17(19,5)6/h14H,8-13H2,1-7H3. The Hall–Kier alpha value is -0.610. The molecule has 1 aliphatic rings. The average Bonchev–Trinajstić information content (AvgIpc) is 2.37. The molecule has 1 fully saturated rings. The molecule has 0 saturated carbocycles. The van der Waals surface area contributed by atoms with Crippen molar-refractivity contribution < 1.29 is 9.53 Å². The second kappa shape index (κ2) is 7.10. The number of likely N-dealkylation sites (tertiary alicyclic amines) is 1. The third kappa shape index (κ3) is 4.43. The third-order valence-corrected chi connectivity index (χ3v) is 4.91. The largest absolute Gasteiger partial charge is 0.381 e. The highest BCUT2D eigenvalue weighted by Crippen LogP contribution is 2.39. The molecular weight excluding hydrogens is 264 g/mol. The number of rotatable bonds is 6. The molecule has 1 rings (SSSR count). The van der Waals surface area contributed by atoms with Crippen LogP contribution in [0.3, 0.4) is 0 Å². The minimum atomic E-state index is 0.0615. The van der Waals surface area contributed by atoms with Crippen LogP contribution in [0.5, 0.6) is 0 Å². The van der Waals surface area contributed by atoms with E-state index in [4.69, 9.17) is 4.74 Å². The third-order valence-electron chi connectivity index (χ3n) is 4.91. The molecule has 124 valence electrons. The number of hydrogen-bond donors (Lipinski definition) is 0. The van der Waals surface area contributed by atoms with E-state index in [-0.39, 0.29) is 17.0 Å². The van der Waals surface area contributed by atoms with Gasteiger partial charge >= 0.3 is 0 Å². The van der Waals surface area contributed by atoms with E-state index in [9.17, 15) is 4.79 Å². The lowest BCUT2D eigenvalue weighted by atomic mass is 9.78. The molecule has 0 unspecified atom stereocenters. The van der Waals surface area contributed by atoms with Crippen molar-refractivity contribution in [1.29, 1.82) is 0 Å². The van der Waals surface area contributed by atoms with Crippen molar-refractivity contribution in [3.05, 3.63) is 0 Å². The molecule has 4 heteroatoms. The molecule has 1 heterocycles. The van der Waals surface area contributed by atoms with Gasteiger partial charge in [0, 0.05) is 44.2 Å². The van der Waals surface area contributed by atoms with Gasteiger partial charge in [0.25, 0.3) is 0 Å². The number of piperidine rings is 1. The van der Waals surface area contributed by atoms with E-state index < -0.39 is 0 Å². The fraction of sp³-hybridized carbons (Fsp3) is 0.941. The molecule has 21 heavy (non-hydrogen) atoms. The summed E-state index contributed by atoms with van der Waals surface area (Å²) in [6.45, 7) is 15.6. The smallest absolute Gasteiger partial charge is 0.223 e. The zero-order valence-electron chi connectivity index (χ0n) is 15.0. The fourth-order valence-electron chi connectivity index (χ4n) is 3.94. The Labute approximate surface area is 130 Å². The summed E-state index contributed by atoms with van der Waals surface area (Å²) in [5.74, 6) is 0.264. The SMILES string of the molecule is CCN(CC)C(=O)CCN1C(C)(C)CC(OC)CC1(C)C. The molecule has 0 bridgehead atoms. The van der Waals surface area contributed by atoms with Crippen LogP contribution in [0.2, 0.25) is 0 Å². The van der Waals surface area contributed by atoms with Gasteiger partial charge in [-0.05, 0) is 54.4 Å². The van der Waals surface area contributed by atoms with Crippen LogP contribution in [-0.2, 0) is 9.53 Å². The monoisotopic (exact) mass is 298 g/mol. The number of carbonyl (C=O) groups is 1. The van der Waals surface area contributed by atoms with Crippen LogP contribution < -0.4 is 0 Å². The van der Waals surface area contributed by atoms with Crippen molar-refractivity contribution in [2.75, 3.05) is 26.7 Å². The Bertz CT molecular complexity index is 331. The van der Waals surface area contributed by atoms with Crippen LogP contribution in [0, 0.1) is 0 Å². The lowest BCUT2D eigenvalue weighted by Gasteiger charge is -2.55. The summed E-state index contributed by atoms with van der Waals surface area (Å²) in [7, 11) is 1.80. The molecule has 0 atom stereocenters. The maximum Gasteiger partial charge on any atom is 0.223 e. The number of ether oxygens (including phenoxy) is 1. The molecular formula is C17H34N2O2. The molecule has 1 amide bonds. The van der Waals surface area contributed by atoms with Gasteiger partial charge in [0.1, 0.15) is 0 Å². The average molecular weight is 298 g/mol. The summed E-state index contributed by atoms with van der Waals surface area (Å²) < 4.78 is 5.61. The van der Waals surface area contributed by atoms with Gasteiger partial charge in [-0.3, -0.25) is 9.69 Å². The molecule has 0 aliphatic carbocycles. The van der Waals surface area contributed by atoms with E-state index in [1.54, 1.807) is 7.11 Å². The lowest BCUT2D eigenvalue weighted by Crippen LogP contribution is -2.62. The Kier molecular flexibility index (Phi) is 6.23. The quantitative estimate of drug-likeness (QED) is 0.756. The number of nitrogens with zero attached hydrogens (tertiary/aromatic N) is 2. The van der Waals surface area contributed by atoms with Gasteiger partial charge < -0.3 is 9.64 Å². The predicted octanol–water partition coefficient (Wildman–Crippen LogP) is 2.91. The maximum absolute atomic E-state index is 12.3. The topological polar surface area (TPSA) is 32.8 Å². The molecule has 0 aromatic heterocycles. The van der Waals surface area contributed by atoms with Crippen LogP contribution in [0.4, 0.5) is 0 Å². The highest BCUT2D eigenvalue weighted by atomic mass is 16.5. The molecule has 0 aromatic rings. The molecule has 0 aromatic carbocycles. The van der Waals surface area contributed by atoms with Crippen LogP contribution in [0.1, 0.15) is 60.8 Å². The van der Waals surface area contributed by atoms with E-state index in [1.807, 2.05) is 18.7 Å².